The summed E-state index contributed by atoms with van der Waals surface area (Å²) in [5, 5.41) is 6.78. The summed E-state index contributed by atoms with van der Waals surface area (Å²) in [6.45, 7) is 11.4. The molecule has 10 heteroatoms. The first-order valence-electron chi connectivity index (χ1n) is 13.2. The van der Waals surface area contributed by atoms with Crippen molar-refractivity contribution in [3.63, 3.8) is 0 Å². The van der Waals surface area contributed by atoms with Crippen LogP contribution in [0.4, 0.5) is 10.5 Å². The van der Waals surface area contributed by atoms with Gasteiger partial charge in [-0.05, 0) is 92.1 Å². The van der Waals surface area contributed by atoms with E-state index in [9.17, 15) is 14.4 Å². The number of benzene rings is 2. The van der Waals surface area contributed by atoms with E-state index in [1.165, 1.54) is 16.0 Å². The summed E-state index contributed by atoms with van der Waals surface area (Å²) in [5.74, 6) is -0.415. The molecule has 3 rings (SSSR count). The zero-order valence-corrected chi connectivity index (χ0v) is 25.9. The van der Waals surface area contributed by atoms with Crippen molar-refractivity contribution in [3.05, 3.63) is 62.7 Å². The minimum absolute atomic E-state index is 0.0339. The van der Waals surface area contributed by atoms with Crippen LogP contribution in [0.2, 0.25) is 0 Å². The maximum Gasteiger partial charge on any atom is 0.410 e. The summed E-state index contributed by atoms with van der Waals surface area (Å²) in [6.07, 6.45) is -0.441. The van der Waals surface area contributed by atoms with Gasteiger partial charge >= 0.3 is 6.09 Å². The Morgan fingerprint density at radius 3 is 2.18 bits per heavy atom. The van der Waals surface area contributed by atoms with Crippen LogP contribution < -0.4 is 5.32 Å². The van der Waals surface area contributed by atoms with Crippen LogP contribution in [0.3, 0.4) is 0 Å². The van der Waals surface area contributed by atoms with Crippen molar-refractivity contribution < 1.29 is 19.1 Å². The molecular formula is C29H40IN5O4. The molecule has 0 atom stereocenters. The monoisotopic (exact) mass is 649 g/mol. The lowest BCUT2D eigenvalue weighted by Gasteiger charge is -2.32. The number of fused-ring (bicyclic) bond motifs is 1. The number of carbonyl (C=O) groups excluding carboxylic acids is 3. The molecule has 3 amide bonds. The Balaban J connectivity index is 1.69. The summed E-state index contributed by atoms with van der Waals surface area (Å²) in [5.41, 5.74) is 3.66. The number of ether oxygens (including phenoxy) is 1. The van der Waals surface area contributed by atoms with Crippen molar-refractivity contribution in [3.8, 4) is 0 Å². The fraction of sp³-hybridized carbons (Fsp3) is 0.483. The highest BCUT2D eigenvalue weighted by Crippen LogP contribution is 2.23. The fourth-order valence-electron chi connectivity index (χ4n) is 4.30. The van der Waals surface area contributed by atoms with E-state index in [-0.39, 0.29) is 38.0 Å². The van der Waals surface area contributed by atoms with Gasteiger partial charge < -0.3 is 19.9 Å². The number of anilines is 1. The molecule has 2 aromatic carbocycles. The molecule has 1 aliphatic rings. The second kappa shape index (κ2) is 13.5. The normalized spacial score (nSPS) is 13.0. The number of rotatable bonds is 10. The molecule has 0 spiro atoms. The van der Waals surface area contributed by atoms with Crippen LogP contribution in [0.1, 0.15) is 44.4 Å². The summed E-state index contributed by atoms with van der Waals surface area (Å²) >= 11 is 2.25. The molecule has 212 valence electrons. The van der Waals surface area contributed by atoms with Gasteiger partial charge in [-0.25, -0.2) is 9.80 Å². The summed E-state index contributed by atoms with van der Waals surface area (Å²) in [6, 6.07) is 14.1. The SMILES string of the molecule is CCN(CCN(CC(=O)N(C)N1Cc2ccccc2C1)C(=O)CNc1ccc(I)cc1C)C(=O)OC(C)(C)C. The Hall–Kier alpha value is -2.86. The van der Waals surface area contributed by atoms with Gasteiger partial charge in [0.05, 0.1) is 6.54 Å². The minimum atomic E-state index is -0.624. The Morgan fingerprint density at radius 1 is 1.00 bits per heavy atom. The van der Waals surface area contributed by atoms with Crippen LogP contribution in [-0.4, -0.2) is 83.1 Å². The zero-order chi connectivity index (χ0) is 28.7. The van der Waals surface area contributed by atoms with Crippen LogP contribution in [0, 0.1) is 10.5 Å². The molecule has 0 aromatic heterocycles. The van der Waals surface area contributed by atoms with E-state index < -0.39 is 11.7 Å². The standard InChI is InChI=1S/C29H40IN5O4/c1-7-33(28(38)39-29(3,4)5)14-15-34(26(36)17-31-25-13-12-24(30)16-21(25)2)20-27(37)32(6)35-18-22-10-8-9-11-23(22)19-35/h8-13,16,31H,7,14-15,17-20H2,1-6H3. The van der Waals surface area contributed by atoms with Gasteiger partial charge in [0.2, 0.25) is 5.91 Å². The molecule has 0 fully saturated rings. The largest absolute Gasteiger partial charge is 0.444 e. The van der Waals surface area contributed by atoms with Gasteiger partial charge in [0, 0.05) is 49.0 Å². The highest BCUT2D eigenvalue weighted by molar-refractivity contribution is 14.1. The molecule has 0 saturated heterocycles. The predicted octanol–water partition coefficient (Wildman–Crippen LogP) is 4.49. The number of hydrogen-bond donors (Lipinski definition) is 1. The summed E-state index contributed by atoms with van der Waals surface area (Å²) in [7, 11) is 1.74. The summed E-state index contributed by atoms with van der Waals surface area (Å²) in [4.78, 5) is 42.5. The molecule has 39 heavy (non-hydrogen) atoms. The zero-order valence-electron chi connectivity index (χ0n) is 23.8. The van der Waals surface area contributed by atoms with Crippen molar-refractivity contribution in [2.75, 3.05) is 45.1 Å². The molecule has 1 aliphatic heterocycles. The van der Waals surface area contributed by atoms with E-state index >= 15 is 0 Å². The Kier molecular flexibility index (Phi) is 10.6. The third-order valence-corrected chi connectivity index (χ3v) is 7.25. The van der Waals surface area contributed by atoms with Crippen molar-refractivity contribution in [1.29, 1.82) is 0 Å². The number of carbonyl (C=O) groups is 3. The molecule has 2 aromatic rings. The maximum atomic E-state index is 13.4. The molecule has 9 nitrogen and oxygen atoms in total. The second-order valence-electron chi connectivity index (χ2n) is 10.7. The first-order chi connectivity index (χ1) is 18.4. The van der Waals surface area contributed by atoms with E-state index in [0.717, 1.165) is 14.8 Å². The van der Waals surface area contributed by atoms with Crippen LogP contribution in [0.5, 0.6) is 0 Å². The average Bonchev–Trinajstić information content (AvgIpc) is 3.30. The number of halogens is 1. The van der Waals surface area contributed by atoms with E-state index in [1.54, 1.807) is 17.0 Å². The molecule has 0 aliphatic carbocycles. The maximum absolute atomic E-state index is 13.4. The number of likely N-dealkylation sites (N-methyl/N-ethyl adjacent to an activating group) is 2. The quantitative estimate of drug-likeness (QED) is 0.382. The molecule has 0 bridgehead atoms. The Morgan fingerprint density at radius 2 is 1.62 bits per heavy atom. The number of aryl methyl sites for hydroxylation is 1. The lowest BCUT2D eigenvalue weighted by Crippen LogP contribution is -2.50. The topological polar surface area (TPSA) is 85.4 Å². The van der Waals surface area contributed by atoms with Gasteiger partial charge in [-0.2, -0.15) is 0 Å². The number of amides is 3. The third kappa shape index (κ3) is 8.82. The molecule has 1 heterocycles. The van der Waals surface area contributed by atoms with Crippen LogP contribution in [0.15, 0.2) is 42.5 Å². The van der Waals surface area contributed by atoms with Crippen molar-refractivity contribution in [1.82, 2.24) is 19.8 Å². The Labute approximate surface area is 245 Å². The van der Waals surface area contributed by atoms with E-state index in [2.05, 4.69) is 40.0 Å². The molecule has 0 saturated carbocycles. The number of nitrogens with zero attached hydrogens (tertiary/aromatic N) is 4. The predicted molar refractivity (Wildman–Crippen MR) is 161 cm³/mol. The third-order valence-electron chi connectivity index (χ3n) is 6.58. The van der Waals surface area contributed by atoms with Gasteiger partial charge in [0.1, 0.15) is 12.1 Å². The van der Waals surface area contributed by atoms with Crippen LogP contribution in [-0.2, 0) is 27.4 Å². The Bertz CT molecular complexity index is 1160. The minimum Gasteiger partial charge on any atom is -0.444 e. The van der Waals surface area contributed by atoms with Crippen molar-refractivity contribution >= 4 is 46.2 Å². The lowest BCUT2D eigenvalue weighted by atomic mass is 10.1. The average molecular weight is 650 g/mol. The van der Waals surface area contributed by atoms with E-state index in [1.807, 2.05) is 70.0 Å². The smallest absolute Gasteiger partial charge is 0.410 e. The van der Waals surface area contributed by atoms with Gasteiger partial charge in [0.25, 0.3) is 5.91 Å². The van der Waals surface area contributed by atoms with Crippen molar-refractivity contribution in [2.24, 2.45) is 0 Å². The molecule has 1 N–H and O–H groups in total. The molecule has 0 unspecified atom stereocenters. The van der Waals surface area contributed by atoms with Crippen molar-refractivity contribution in [2.45, 2.75) is 53.3 Å². The second-order valence-corrected chi connectivity index (χ2v) is 11.9. The number of nitrogens with one attached hydrogen (secondary N) is 1. The van der Waals surface area contributed by atoms with E-state index in [4.69, 9.17) is 4.74 Å². The van der Waals surface area contributed by atoms with Crippen LogP contribution >= 0.6 is 22.6 Å². The van der Waals surface area contributed by atoms with Gasteiger partial charge in [-0.1, -0.05) is 24.3 Å². The highest BCUT2D eigenvalue weighted by atomic mass is 127. The number of hydrazine groups is 1. The van der Waals surface area contributed by atoms with Gasteiger partial charge in [-0.15, -0.1) is 0 Å². The van der Waals surface area contributed by atoms with Gasteiger partial charge in [0.15, 0.2) is 0 Å². The molecule has 0 radical (unpaired) electrons. The fourth-order valence-corrected chi connectivity index (χ4v) is 4.94. The van der Waals surface area contributed by atoms with Gasteiger partial charge in [-0.3, -0.25) is 14.6 Å². The first kappa shape index (κ1) is 30.7. The summed E-state index contributed by atoms with van der Waals surface area (Å²) < 4.78 is 6.63. The molecular weight excluding hydrogens is 609 g/mol. The highest BCUT2D eigenvalue weighted by Gasteiger charge is 2.28. The van der Waals surface area contributed by atoms with E-state index in [0.29, 0.717) is 19.6 Å². The lowest BCUT2D eigenvalue weighted by molar-refractivity contribution is -0.151. The van der Waals surface area contributed by atoms with Crippen LogP contribution in [0.25, 0.3) is 0 Å². The first-order valence-corrected chi connectivity index (χ1v) is 14.3. The number of hydrogen-bond acceptors (Lipinski definition) is 6.